The molecular formula is C21H28F2N2O3. The molecule has 0 radical (unpaired) electrons. The number of rotatable bonds is 4. The van der Waals surface area contributed by atoms with E-state index >= 15 is 0 Å². The second-order valence-electron chi connectivity index (χ2n) is 8.07. The van der Waals surface area contributed by atoms with E-state index in [1.54, 1.807) is 0 Å². The Morgan fingerprint density at radius 2 is 2.00 bits per heavy atom. The fourth-order valence-electron chi connectivity index (χ4n) is 4.01. The van der Waals surface area contributed by atoms with E-state index in [0.29, 0.717) is 24.8 Å². The normalized spacial score (nSPS) is 28.4. The highest BCUT2D eigenvalue weighted by Crippen LogP contribution is 2.43. The topological polar surface area (TPSA) is 58.6 Å². The lowest BCUT2D eigenvalue weighted by atomic mass is 9.83. The van der Waals surface area contributed by atoms with Crippen molar-refractivity contribution < 1.29 is 23.1 Å². The highest BCUT2D eigenvalue weighted by Gasteiger charge is 2.54. The number of amides is 2. The van der Waals surface area contributed by atoms with Crippen LogP contribution in [0, 0.1) is 17.6 Å². The fourth-order valence-corrected chi connectivity index (χ4v) is 4.01. The molecule has 2 amide bonds. The van der Waals surface area contributed by atoms with Crippen molar-refractivity contribution >= 4 is 11.8 Å². The summed E-state index contributed by atoms with van der Waals surface area (Å²) < 4.78 is 33.7. The first kappa shape index (κ1) is 20.7. The summed E-state index contributed by atoms with van der Waals surface area (Å²) in [5, 5.41) is 2.90. The van der Waals surface area contributed by atoms with Crippen LogP contribution in [0.15, 0.2) is 18.2 Å². The number of carbonyl (C=O) groups excluding carboxylic acids is 2. The van der Waals surface area contributed by atoms with Crippen molar-refractivity contribution in [1.29, 1.82) is 0 Å². The van der Waals surface area contributed by atoms with Gasteiger partial charge in [-0.25, -0.2) is 8.78 Å². The molecule has 5 nitrogen and oxygen atoms in total. The van der Waals surface area contributed by atoms with Crippen molar-refractivity contribution in [3.63, 3.8) is 0 Å². The van der Waals surface area contributed by atoms with Gasteiger partial charge in [0.25, 0.3) is 5.91 Å². The lowest BCUT2D eigenvalue weighted by molar-refractivity contribution is -0.128. The van der Waals surface area contributed by atoms with Crippen LogP contribution in [-0.4, -0.2) is 41.1 Å². The highest BCUT2D eigenvalue weighted by molar-refractivity contribution is 5.98. The molecule has 1 saturated heterocycles. The maximum atomic E-state index is 14.3. The summed E-state index contributed by atoms with van der Waals surface area (Å²) in [7, 11) is 0. The molecule has 1 saturated carbocycles. The van der Waals surface area contributed by atoms with E-state index in [9.17, 15) is 18.4 Å². The zero-order chi connectivity index (χ0) is 20.5. The number of carbonyl (C=O) groups is 2. The van der Waals surface area contributed by atoms with Crippen LogP contribution in [0.5, 0.6) is 0 Å². The van der Waals surface area contributed by atoms with Crippen LogP contribution in [0.4, 0.5) is 8.78 Å². The molecule has 1 aromatic carbocycles. The summed E-state index contributed by atoms with van der Waals surface area (Å²) in [5.74, 6) is -2.12. The van der Waals surface area contributed by atoms with E-state index in [4.69, 9.17) is 4.74 Å². The van der Waals surface area contributed by atoms with E-state index in [-0.39, 0.29) is 24.1 Å². The number of hydrogen-bond donors (Lipinski definition) is 1. The van der Waals surface area contributed by atoms with Crippen molar-refractivity contribution in [2.24, 2.45) is 5.92 Å². The summed E-state index contributed by atoms with van der Waals surface area (Å²) >= 11 is 0. The molecule has 154 valence electrons. The zero-order valence-corrected chi connectivity index (χ0v) is 16.6. The molecule has 3 rings (SSSR count). The number of benzene rings is 1. The molecule has 2 aliphatic rings. The highest BCUT2D eigenvalue weighted by atomic mass is 19.1. The van der Waals surface area contributed by atoms with Gasteiger partial charge in [-0.05, 0) is 57.1 Å². The summed E-state index contributed by atoms with van der Waals surface area (Å²) in [5.41, 5.74) is -1.16. The van der Waals surface area contributed by atoms with Crippen LogP contribution in [-0.2, 0) is 9.53 Å². The molecule has 1 spiro atoms. The smallest absolute Gasteiger partial charge is 0.259 e. The maximum Gasteiger partial charge on any atom is 0.259 e. The Hall–Kier alpha value is -2.02. The van der Waals surface area contributed by atoms with Gasteiger partial charge in [-0.2, -0.15) is 0 Å². The molecule has 2 atom stereocenters. The fraction of sp³-hybridized carbons (Fsp3) is 0.619. The third kappa shape index (κ3) is 3.90. The van der Waals surface area contributed by atoms with Crippen LogP contribution in [0.1, 0.15) is 63.2 Å². The first-order chi connectivity index (χ1) is 13.3. The van der Waals surface area contributed by atoms with Gasteiger partial charge in [0.1, 0.15) is 23.4 Å². The van der Waals surface area contributed by atoms with E-state index in [0.717, 1.165) is 31.4 Å². The maximum absolute atomic E-state index is 14.3. The standard InChI is InChI=1S/C21H28F2N2O3/c1-4-14(3)24-19(26)18-12-28-21(9-7-13(2)8-10-21)25(18)20(27)16-6-5-15(22)11-17(16)23/h5-6,11,13-14,18H,4,7-10,12H2,1-3H3,(H,24,26)/t13?,14-,18-,21?/m0/s1. The summed E-state index contributed by atoms with van der Waals surface area (Å²) in [6.45, 7) is 6.06. The minimum atomic E-state index is -0.933. The van der Waals surface area contributed by atoms with Gasteiger partial charge in [0.05, 0.1) is 12.2 Å². The molecular weight excluding hydrogens is 366 g/mol. The Bertz CT molecular complexity index is 747. The first-order valence-electron chi connectivity index (χ1n) is 10.0. The van der Waals surface area contributed by atoms with Gasteiger partial charge in [0.15, 0.2) is 0 Å². The number of ether oxygens (including phenoxy) is 1. The van der Waals surface area contributed by atoms with E-state index in [1.807, 2.05) is 13.8 Å². The lowest BCUT2D eigenvalue weighted by Crippen LogP contribution is -2.57. The Balaban J connectivity index is 1.95. The molecule has 0 aromatic heterocycles. The van der Waals surface area contributed by atoms with Gasteiger partial charge >= 0.3 is 0 Å². The van der Waals surface area contributed by atoms with Crippen LogP contribution in [0.25, 0.3) is 0 Å². The van der Waals surface area contributed by atoms with Crippen LogP contribution in [0.2, 0.25) is 0 Å². The third-order valence-electron chi connectivity index (χ3n) is 6.00. The van der Waals surface area contributed by atoms with Crippen molar-refractivity contribution in [2.75, 3.05) is 6.61 Å². The second-order valence-corrected chi connectivity index (χ2v) is 8.07. The second kappa shape index (κ2) is 8.15. The monoisotopic (exact) mass is 394 g/mol. The van der Waals surface area contributed by atoms with E-state index in [1.165, 1.54) is 4.90 Å². The van der Waals surface area contributed by atoms with Crippen LogP contribution >= 0.6 is 0 Å². The number of hydrogen-bond acceptors (Lipinski definition) is 3. The Morgan fingerprint density at radius 3 is 2.61 bits per heavy atom. The van der Waals surface area contributed by atoms with E-state index < -0.39 is 29.3 Å². The van der Waals surface area contributed by atoms with Crippen molar-refractivity contribution in [3.8, 4) is 0 Å². The molecule has 1 heterocycles. The zero-order valence-electron chi connectivity index (χ0n) is 16.6. The molecule has 1 aromatic rings. The predicted octanol–water partition coefficient (Wildman–Crippen LogP) is 3.63. The Morgan fingerprint density at radius 1 is 1.32 bits per heavy atom. The largest absolute Gasteiger partial charge is 0.353 e. The number of nitrogens with zero attached hydrogens (tertiary/aromatic N) is 1. The predicted molar refractivity (Wildman–Crippen MR) is 101 cm³/mol. The molecule has 7 heteroatoms. The van der Waals surface area contributed by atoms with Crippen LogP contribution in [0.3, 0.4) is 0 Å². The summed E-state index contributed by atoms with van der Waals surface area (Å²) in [6.07, 6.45) is 3.65. The molecule has 2 fully saturated rings. The van der Waals surface area contributed by atoms with Gasteiger partial charge in [-0.3, -0.25) is 14.5 Å². The summed E-state index contributed by atoms with van der Waals surface area (Å²) in [6, 6.07) is 1.99. The minimum Gasteiger partial charge on any atom is -0.353 e. The van der Waals surface area contributed by atoms with Gasteiger partial charge in [-0.15, -0.1) is 0 Å². The van der Waals surface area contributed by atoms with Gasteiger partial charge < -0.3 is 10.1 Å². The van der Waals surface area contributed by atoms with Crippen molar-refractivity contribution in [1.82, 2.24) is 10.2 Å². The SMILES string of the molecule is CC[C@H](C)NC(=O)[C@@H]1COC2(CCC(C)CC2)N1C(=O)c1ccc(F)cc1F. The first-order valence-corrected chi connectivity index (χ1v) is 10.0. The lowest BCUT2D eigenvalue weighted by Gasteiger charge is -2.43. The third-order valence-corrected chi connectivity index (χ3v) is 6.00. The van der Waals surface area contributed by atoms with Crippen molar-refractivity contribution in [2.45, 2.75) is 70.7 Å². The quantitative estimate of drug-likeness (QED) is 0.849. The Labute approximate surface area is 164 Å². The molecule has 28 heavy (non-hydrogen) atoms. The van der Waals surface area contributed by atoms with Gasteiger partial charge in [0.2, 0.25) is 5.91 Å². The average molecular weight is 394 g/mol. The van der Waals surface area contributed by atoms with Gasteiger partial charge in [-0.1, -0.05) is 13.8 Å². The summed E-state index contributed by atoms with van der Waals surface area (Å²) in [4.78, 5) is 27.6. The van der Waals surface area contributed by atoms with Gasteiger partial charge in [0, 0.05) is 12.1 Å². The molecule has 1 aliphatic carbocycles. The molecule has 1 N–H and O–H groups in total. The van der Waals surface area contributed by atoms with Crippen LogP contribution < -0.4 is 5.32 Å². The Kier molecular flexibility index (Phi) is 6.03. The molecule has 0 bridgehead atoms. The molecule has 1 aliphatic heterocycles. The molecule has 0 unspecified atom stereocenters. The minimum absolute atomic E-state index is 0.0464. The number of nitrogens with one attached hydrogen (secondary N) is 1. The van der Waals surface area contributed by atoms with E-state index in [2.05, 4.69) is 12.2 Å². The van der Waals surface area contributed by atoms with Crippen molar-refractivity contribution in [3.05, 3.63) is 35.4 Å². The number of halogens is 2. The average Bonchev–Trinajstić information content (AvgIpc) is 3.02.